The van der Waals surface area contributed by atoms with Gasteiger partial charge in [-0.05, 0) is 45.2 Å². The summed E-state index contributed by atoms with van der Waals surface area (Å²) in [4.78, 5) is 12.7. The Morgan fingerprint density at radius 1 is 1.12 bits per heavy atom. The molecule has 9 nitrogen and oxygen atoms in total. The number of ether oxygens (including phenoxy) is 1. The SMILES string of the molecule is COc1ccc(C)c(-n2c(=N)c3c(O)nc4c(cnn4C4CC4)c4[nH]c(C)nc2c34)c1C. The fourth-order valence-corrected chi connectivity index (χ4v) is 4.74. The van der Waals surface area contributed by atoms with E-state index in [2.05, 4.69) is 15.1 Å². The van der Waals surface area contributed by atoms with Crippen molar-refractivity contribution < 1.29 is 9.84 Å². The van der Waals surface area contributed by atoms with E-state index in [1.54, 1.807) is 17.9 Å². The first-order valence-electron chi connectivity index (χ1n) is 10.6. The molecule has 0 amide bonds. The molecule has 5 aromatic rings. The van der Waals surface area contributed by atoms with Crippen LogP contribution >= 0.6 is 0 Å². The number of H-pyrrole nitrogens is 1. The van der Waals surface area contributed by atoms with Gasteiger partial charge in [-0.15, -0.1) is 0 Å². The third-order valence-corrected chi connectivity index (χ3v) is 6.37. The molecule has 1 fully saturated rings. The summed E-state index contributed by atoms with van der Waals surface area (Å²) in [6.45, 7) is 5.85. The van der Waals surface area contributed by atoms with E-state index >= 15 is 0 Å². The maximum atomic E-state index is 11.1. The molecule has 0 saturated heterocycles. The number of fused-ring (bicyclic) bond motifs is 2. The Labute approximate surface area is 182 Å². The van der Waals surface area contributed by atoms with Crippen molar-refractivity contribution in [1.82, 2.24) is 29.3 Å². The molecule has 0 spiro atoms. The lowest BCUT2D eigenvalue weighted by Crippen LogP contribution is -2.16. The van der Waals surface area contributed by atoms with Gasteiger partial charge < -0.3 is 14.8 Å². The van der Waals surface area contributed by atoms with Gasteiger partial charge in [0.2, 0.25) is 5.88 Å². The third-order valence-electron chi connectivity index (χ3n) is 6.37. The van der Waals surface area contributed by atoms with E-state index in [0.717, 1.165) is 46.3 Å². The molecule has 4 aromatic heterocycles. The van der Waals surface area contributed by atoms with Gasteiger partial charge in [-0.1, -0.05) is 6.07 Å². The highest BCUT2D eigenvalue weighted by atomic mass is 16.5. The van der Waals surface area contributed by atoms with Crippen molar-refractivity contribution in [3.05, 3.63) is 40.8 Å². The number of aromatic nitrogens is 6. The summed E-state index contributed by atoms with van der Waals surface area (Å²) in [6.07, 6.45) is 3.89. The molecule has 6 rings (SSSR count). The molecule has 162 valence electrons. The van der Waals surface area contributed by atoms with Gasteiger partial charge in [0.25, 0.3) is 0 Å². The zero-order valence-electron chi connectivity index (χ0n) is 18.3. The minimum absolute atomic E-state index is 0.129. The first-order valence-corrected chi connectivity index (χ1v) is 10.6. The molecule has 3 N–H and O–H groups in total. The standard InChI is InChI=1S/C23H23N7O2/c1-10-5-8-15(32-4)11(2)19(10)29-20(24)17-16-18(26-12(3)27-22(16)29)14-9-25-30(13-6-7-13)21(14)28-23(17)31/h5,8-9,13,24,31H,6-7H2,1-4H3,(H,26,27). The smallest absolute Gasteiger partial charge is 0.224 e. The lowest BCUT2D eigenvalue weighted by atomic mass is 10.1. The predicted molar refractivity (Wildman–Crippen MR) is 121 cm³/mol. The Morgan fingerprint density at radius 3 is 2.62 bits per heavy atom. The average Bonchev–Trinajstić information content (AvgIpc) is 3.47. The van der Waals surface area contributed by atoms with E-state index in [0.29, 0.717) is 33.9 Å². The lowest BCUT2D eigenvalue weighted by molar-refractivity contribution is 0.411. The molecule has 1 aliphatic rings. The number of hydrogen-bond donors (Lipinski definition) is 3. The van der Waals surface area contributed by atoms with Crippen LogP contribution in [0, 0.1) is 26.2 Å². The largest absolute Gasteiger partial charge is 0.496 e. The highest BCUT2D eigenvalue weighted by molar-refractivity contribution is 6.16. The normalized spacial score (nSPS) is 14.1. The topological polar surface area (TPSA) is 118 Å². The molecule has 1 saturated carbocycles. The number of aromatic amines is 1. The number of benzene rings is 1. The zero-order valence-corrected chi connectivity index (χ0v) is 18.3. The predicted octanol–water partition coefficient (Wildman–Crippen LogP) is 3.71. The molecule has 0 radical (unpaired) electrons. The average molecular weight is 429 g/mol. The zero-order chi connectivity index (χ0) is 22.3. The van der Waals surface area contributed by atoms with Gasteiger partial charge in [-0.25, -0.2) is 9.67 Å². The first-order chi connectivity index (χ1) is 15.4. The van der Waals surface area contributed by atoms with Gasteiger partial charge in [0.15, 0.2) is 11.3 Å². The Kier molecular flexibility index (Phi) is 3.72. The van der Waals surface area contributed by atoms with Crippen LogP contribution in [-0.2, 0) is 0 Å². The Morgan fingerprint density at radius 2 is 1.91 bits per heavy atom. The van der Waals surface area contributed by atoms with Gasteiger partial charge >= 0.3 is 0 Å². The maximum absolute atomic E-state index is 11.1. The van der Waals surface area contributed by atoms with Crippen LogP contribution in [0.2, 0.25) is 0 Å². The maximum Gasteiger partial charge on any atom is 0.224 e. The second-order valence-corrected chi connectivity index (χ2v) is 8.51. The van der Waals surface area contributed by atoms with Crippen LogP contribution in [0.1, 0.15) is 35.8 Å². The number of aromatic hydroxyl groups is 1. The van der Waals surface area contributed by atoms with Crippen LogP contribution in [0.3, 0.4) is 0 Å². The summed E-state index contributed by atoms with van der Waals surface area (Å²) in [7, 11) is 1.63. The summed E-state index contributed by atoms with van der Waals surface area (Å²) >= 11 is 0. The van der Waals surface area contributed by atoms with Crippen molar-refractivity contribution in [1.29, 1.82) is 5.41 Å². The quantitative estimate of drug-likeness (QED) is 0.404. The molecule has 4 heterocycles. The molecule has 0 bridgehead atoms. The lowest BCUT2D eigenvalue weighted by Gasteiger charge is -2.15. The fraction of sp³-hybridized carbons (Fsp3) is 0.304. The molecule has 32 heavy (non-hydrogen) atoms. The van der Waals surface area contributed by atoms with E-state index in [1.807, 2.05) is 37.6 Å². The Bertz CT molecular complexity index is 1640. The van der Waals surface area contributed by atoms with Gasteiger partial charge in [0.1, 0.15) is 17.1 Å². The number of aryl methyl sites for hydroxylation is 2. The molecule has 0 unspecified atom stereocenters. The number of nitrogens with zero attached hydrogens (tertiary/aromatic N) is 5. The highest BCUT2D eigenvalue weighted by Gasteiger charge is 2.29. The van der Waals surface area contributed by atoms with Crippen molar-refractivity contribution in [2.45, 2.75) is 39.7 Å². The van der Waals surface area contributed by atoms with Gasteiger partial charge in [-0.2, -0.15) is 10.1 Å². The second kappa shape index (κ2) is 6.32. The summed E-state index contributed by atoms with van der Waals surface area (Å²) in [5.41, 5.74) is 4.79. The number of nitrogens with one attached hydrogen (secondary N) is 2. The van der Waals surface area contributed by atoms with Gasteiger partial charge in [-0.3, -0.25) is 9.98 Å². The van der Waals surface area contributed by atoms with Crippen molar-refractivity contribution in [3.63, 3.8) is 0 Å². The first kappa shape index (κ1) is 18.9. The summed E-state index contributed by atoms with van der Waals surface area (Å²) in [5, 5.41) is 26.6. The van der Waals surface area contributed by atoms with E-state index in [4.69, 9.17) is 15.1 Å². The third kappa shape index (κ3) is 2.39. The second-order valence-electron chi connectivity index (χ2n) is 8.51. The monoisotopic (exact) mass is 429 g/mol. The summed E-state index contributed by atoms with van der Waals surface area (Å²) in [6, 6.07) is 4.19. The minimum atomic E-state index is -0.196. The minimum Gasteiger partial charge on any atom is -0.496 e. The van der Waals surface area contributed by atoms with Crippen LogP contribution in [0.5, 0.6) is 11.6 Å². The number of hydrogen-bond acceptors (Lipinski definition) is 6. The van der Waals surface area contributed by atoms with E-state index in [1.165, 1.54) is 0 Å². The van der Waals surface area contributed by atoms with Crippen LogP contribution < -0.4 is 10.2 Å². The van der Waals surface area contributed by atoms with Crippen molar-refractivity contribution in [2.24, 2.45) is 0 Å². The van der Waals surface area contributed by atoms with Crippen molar-refractivity contribution in [3.8, 4) is 17.3 Å². The molecule has 1 aromatic carbocycles. The van der Waals surface area contributed by atoms with Gasteiger partial charge in [0, 0.05) is 5.56 Å². The van der Waals surface area contributed by atoms with E-state index in [-0.39, 0.29) is 11.4 Å². The van der Waals surface area contributed by atoms with Crippen LogP contribution in [0.25, 0.3) is 38.7 Å². The van der Waals surface area contributed by atoms with Crippen LogP contribution in [0.15, 0.2) is 18.3 Å². The summed E-state index contributed by atoms with van der Waals surface area (Å²) in [5.74, 6) is 1.23. The molecular formula is C23H23N7O2. The Balaban J connectivity index is 1.85. The number of rotatable bonds is 3. The van der Waals surface area contributed by atoms with Crippen molar-refractivity contribution in [2.75, 3.05) is 7.11 Å². The molecule has 9 heteroatoms. The summed E-state index contributed by atoms with van der Waals surface area (Å²) < 4.78 is 9.20. The molecule has 1 aliphatic carbocycles. The van der Waals surface area contributed by atoms with Crippen molar-refractivity contribution >= 4 is 33.0 Å². The van der Waals surface area contributed by atoms with Crippen LogP contribution in [0.4, 0.5) is 0 Å². The number of methoxy groups -OCH3 is 1. The Hall–Kier alpha value is -3.88. The molecule has 0 aliphatic heterocycles. The van der Waals surface area contributed by atoms with Gasteiger partial charge in [0.05, 0.1) is 46.7 Å². The highest BCUT2D eigenvalue weighted by Crippen LogP contribution is 2.39. The van der Waals surface area contributed by atoms with E-state index < -0.39 is 0 Å². The fourth-order valence-electron chi connectivity index (χ4n) is 4.74. The molecular weight excluding hydrogens is 406 g/mol. The molecule has 0 atom stereocenters. The van der Waals surface area contributed by atoms with E-state index in [9.17, 15) is 5.11 Å². The van der Waals surface area contributed by atoms with Crippen LogP contribution in [-0.4, -0.2) is 41.5 Å².